The molecule has 5 heteroatoms. The van der Waals surface area contributed by atoms with Crippen LogP contribution in [0.4, 0.5) is 0 Å². The molecule has 0 aliphatic heterocycles. The van der Waals surface area contributed by atoms with Crippen LogP contribution in [0.5, 0.6) is 0 Å². The van der Waals surface area contributed by atoms with Gasteiger partial charge < -0.3 is 0 Å². The van der Waals surface area contributed by atoms with Crippen LogP contribution < -0.4 is 0 Å². The van der Waals surface area contributed by atoms with E-state index in [2.05, 4.69) is 50.2 Å². The summed E-state index contributed by atoms with van der Waals surface area (Å²) in [5.74, 6) is 0.694. The van der Waals surface area contributed by atoms with Crippen molar-refractivity contribution >= 4 is 0 Å². The summed E-state index contributed by atoms with van der Waals surface area (Å²) in [4.78, 5) is 4.11. The Kier molecular flexibility index (Phi) is 3.78. The quantitative estimate of drug-likeness (QED) is 0.767. The van der Waals surface area contributed by atoms with Gasteiger partial charge in [0.2, 0.25) is 0 Å². The smallest absolute Gasteiger partial charge is 0.179 e. The maximum atomic E-state index is 4.11. The van der Waals surface area contributed by atoms with E-state index in [0.29, 0.717) is 5.82 Å². The van der Waals surface area contributed by atoms with Crippen LogP contribution in [-0.4, -0.2) is 25.6 Å². The van der Waals surface area contributed by atoms with Gasteiger partial charge in [-0.15, -0.1) is 5.10 Å². The first-order valence-electron chi connectivity index (χ1n) is 6.45. The van der Waals surface area contributed by atoms with Gasteiger partial charge in [0, 0.05) is 18.0 Å². The molecule has 2 heterocycles. The van der Waals surface area contributed by atoms with Gasteiger partial charge in [-0.25, -0.2) is 5.10 Å². The largest absolute Gasteiger partial charge is 0.264 e. The highest BCUT2D eigenvalue weighted by atomic mass is 15.5. The Bertz CT molecular complexity index is 649. The molecule has 0 bridgehead atoms. The van der Waals surface area contributed by atoms with Gasteiger partial charge in [-0.2, -0.15) is 0 Å². The first-order valence-corrected chi connectivity index (χ1v) is 6.45. The van der Waals surface area contributed by atoms with E-state index in [4.69, 9.17) is 0 Å². The van der Waals surface area contributed by atoms with Crippen molar-refractivity contribution in [2.45, 2.75) is 12.8 Å². The van der Waals surface area contributed by atoms with E-state index >= 15 is 0 Å². The normalized spacial score (nSPS) is 10.6. The van der Waals surface area contributed by atoms with E-state index < -0.39 is 0 Å². The van der Waals surface area contributed by atoms with Gasteiger partial charge in [-0.3, -0.25) is 4.98 Å². The van der Waals surface area contributed by atoms with Gasteiger partial charge in [-0.05, 0) is 52.9 Å². The molecule has 1 N–H and O–H groups in total. The number of rotatable bonds is 5. The average Bonchev–Trinajstić information content (AvgIpc) is 3.03. The van der Waals surface area contributed by atoms with Crippen molar-refractivity contribution in [1.29, 1.82) is 0 Å². The molecule has 0 aliphatic carbocycles. The molecule has 0 spiro atoms. The summed E-state index contributed by atoms with van der Waals surface area (Å²) in [6.07, 6.45) is 7.76. The minimum Gasteiger partial charge on any atom is -0.264 e. The van der Waals surface area contributed by atoms with Gasteiger partial charge in [0.05, 0.1) is 0 Å². The lowest BCUT2D eigenvalue weighted by molar-refractivity contribution is 0.881. The first-order chi connectivity index (χ1) is 9.92. The molecule has 0 amide bonds. The fraction of sp³-hybridized carbons (Fsp3) is 0.133. The number of aromatic amines is 1. The van der Waals surface area contributed by atoms with Crippen LogP contribution >= 0.6 is 0 Å². The SMILES string of the molecule is [CH](Cc1cccnc1)Cc1cccc(-c2nnn[nH]2)c1. The molecule has 3 rings (SSSR count). The van der Waals surface area contributed by atoms with E-state index in [1.54, 1.807) is 6.20 Å². The van der Waals surface area contributed by atoms with Gasteiger partial charge >= 0.3 is 0 Å². The van der Waals surface area contributed by atoms with Crippen molar-refractivity contribution < 1.29 is 0 Å². The highest BCUT2D eigenvalue weighted by molar-refractivity contribution is 5.55. The van der Waals surface area contributed by atoms with Crippen LogP contribution in [0.15, 0.2) is 48.8 Å². The van der Waals surface area contributed by atoms with Crippen molar-refractivity contribution in [1.82, 2.24) is 25.6 Å². The molecule has 99 valence electrons. The molecule has 20 heavy (non-hydrogen) atoms. The molecule has 0 fully saturated rings. The zero-order valence-corrected chi connectivity index (χ0v) is 10.9. The third-order valence-electron chi connectivity index (χ3n) is 3.03. The predicted octanol–water partition coefficient (Wildman–Crippen LogP) is 2.25. The number of benzene rings is 1. The lowest BCUT2D eigenvalue weighted by Gasteiger charge is -2.03. The number of hydrogen-bond donors (Lipinski definition) is 1. The summed E-state index contributed by atoms with van der Waals surface area (Å²) in [5.41, 5.74) is 3.47. The molecule has 2 aromatic heterocycles. The zero-order chi connectivity index (χ0) is 13.6. The van der Waals surface area contributed by atoms with E-state index in [1.165, 1.54) is 11.1 Å². The topological polar surface area (TPSA) is 67.3 Å². The minimum absolute atomic E-state index is 0.694. The second-order valence-electron chi connectivity index (χ2n) is 4.51. The lowest BCUT2D eigenvalue weighted by atomic mass is 10.0. The molecule has 1 aromatic carbocycles. The molecule has 0 atom stereocenters. The molecule has 1 radical (unpaired) electrons. The Morgan fingerprint density at radius 3 is 2.75 bits per heavy atom. The molecule has 0 aliphatic rings. The molecular weight excluding hydrogens is 250 g/mol. The maximum absolute atomic E-state index is 4.11. The fourth-order valence-electron chi connectivity index (χ4n) is 2.05. The highest BCUT2D eigenvalue weighted by Gasteiger charge is 2.03. The third kappa shape index (κ3) is 3.06. The van der Waals surface area contributed by atoms with Crippen molar-refractivity contribution in [3.8, 4) is 11.4 Å². The Morgan fingerprint density at radius 1 is 1.05 bits per heavy atom. The van der Waals surface area contributed by atoms with Crippen molar-refractivity contribution in [2.24, 2.45) is 0 Å². The van der Waals surface area contributed by atoms with Crippen molar-refractivity contribution in [3.63, 3.8) is 0 Å². The summed E-state index contributed by atoms with van der Waals surface area (Å²) in [7, 11) is 0. The van der Waals surface area contributed by atoms with E-state index in [9.17, 15) is 0 Å². The van der Waals surface area contributed by atoms with Crippen LogP contribution in [0.2, 0.25) is 0 Å². The monoisotopic (exact) mass is 264 g/mol. The molecule has 5 nitrogen and oxygen atoms in total. The van der Waals surface area contributed by atoms with Crippen LogP contribution in [0, 0.1) is 6.42 Å². The summed E-state index contributed by atoms with van der Waals surface area (Å²) < 4.78 is 0. The van der Waals surface area contributed by atoms with E-state index in [-0.39, 0.29) is 0 Å². The Morgan fingerprint density at radius 2 is 1.95 bits per heavy atom. The zero-order valence-electron chi connectivity index (χ0n) is 10.9. The van der Waals surface area contributed by atoms with E-state index in [0.717, 1.165) is 18.4 Å². The number of H-pyrrole nitrogens is 1. The second-order valence-corrected chi connectivity index (χ2v) is 4.51. The lowest BCUT2D eigenvalue weighted by Crippen LogP contribution is -1.92. The predicted molar refractivity (Wildman–Crippen MR) is 75.6 cm³/mol. The number of tetrazole rings is 1. The van der Waals surface area contributed by atoms with Crippen LogP contribution in [0.1, 0.15) is 11.1 Å². The Hall–Kier alpha value is -2.56. The summed E-state index contributed by atoms with van der Waals surface area (Å²) in [6, 6.07) is 12.3. The maximum Gasteiger partial charge on any atom is 0.179 e. The Balaban J connectivity index is 1.62. The summed E-state index contributed by atoms with van der Waals surface area (Å²) in [6.45, 7) is 0. The van der Waals surface area contributed by atoms with Crippen molar-refractivity contribution in [2.75, 3.05) is 0 Å². The van der Waals surface area contributed by atoms with Gasteiger partial charge in [-0.1, -0.05) is 24.3 Å². The second kappa shape index (κ2) is 6.06. The molecule has 0 unspecified atom stereocenters. The number of pyridine rings is 1. The number of hydrogen-bond acceptors (Lipinski definition) is 4. The number of aromatic nitrogens is 5. The molecule has 3 aromatic rings. The van der Waals surface area contributed by atoms with Gasteiger partial charge in [0.1, 0.15) is 0 Å². The Labute approximate surface area is 117 Å². The first kappa shape index (κ1) is 12.5. The standard InChI is InChI=1S/C15H14N5/c1(6-13-7-3-9-16-11-13)4-12-5-2-8-14(10-12)15-17-19-20-18-15/h1-3,5,7-11H,4,6H2,(H,17,18,19,20). The van der Waals surface area contributed by atoms with Crippen LogP contribution in [-0.2, 0) is 12.8 Å². The van der Waals surface area contributed by atoms with Gasteiger partial charge in [0.15, 0.2) is 5.82 Å². The number of nitrogens with zero attached hydrogens (tertiary/aromatic N) is 4. The van der Waals surface area contributed by atoms with Gasteiger partial charge in [0.25, 0.3) is 0 Å². The minimum atomic E-state index is 0.694. The highest BCUT2D eigenvalue weighted by Crippen LogP contribution is 2.16. The molecular formula is C15H14N5. The summed E-state index contributed by atoms with van der Waals surface area (Å²) >= 11 is 0. The number of nitrogens with one attached hydrogen (secondary N) is 1. The van der Waals surface area contributed by atoms with Crippen molar-refractivity contribution in [3.05, 3.63) is 66.3 Å². The fourth-order valence-corrected chi connectivity index (χ4v) is 2.05. The van der Waals surface area contributed by atoms with Crippen LogP contribution in [0.3, 0.4) is 0 Å². The van der Waals surface area contributed by atoms with E-state index in [1.807, 2.05) is 24.4 Å². The average molecular weight is 264 g/mol. The third-order valence-corrected chi connectivity index (χ3v) is 3.03. The summed E-state index contributed by atoms with van der Waals surface area (Å²) in [5, 5.41) is 13.9. The molecule has 0 saturated heterocycles. The molecule has 0 saturated carbocycles. The van der Waals surface area contributed by atoms with Crippen LogP contribution in [0.25, 0.3) is 11.4 Å².